The molecular weight excluding hydrogens is 639 g/mol. The van der Waals surface area contributed by atoms with Crippen LogP contribution in [0.4, 0.5) is 0 Å². The fourth-order valence-corrected chi connectivity index (χ4v) is 7.36. The maximum Gasteiger partial charge on any atom is 0.338 e. The lowest BCUT2D eigenvalue weighted by Crippen LogP contribution is -2.46. The topological polar surface area (TPSA) is 108 Å². The third-order valence-corrected chi connectivity index (χ3v) is 10.2. The van der Waals surface area contributed by atoms with Crippen molar-refractivity contribution in [1.82, 2.24) is 4.72 Å². The van der Waals surface area contributed by atoms with Crippen molar-refractivity contribution in [2.24, 2.45) is 5.92 Å². The van der Waals surface area contributed by atoms with Crippen LogP contribution in [0.1, 0.15) is 53.6 Å². The first kappa shape index (κ1) is 35.7. The van der Waals surface area contributed by atoms with Crippen molar-refractivity contribution in [3.63, 3.8) is 0 Å². The highest BCUT2D eigenvalue weighted by molar-refractivity contribution is 7.89. The Bertz CT molecular complexity index is 1790. The smallest absolute Gasteiger partial charge is 0.338 e. The van der Waals surface area contributed by atoms with Crippen LogP contribution in [-0.2, 0) is 35.6 Å². The first-order valence-electron chi connectivity index (χ1n) is 16.6. The van der Waals surface area contributed by atoms with Crippen molar-refractivity contribution in [2.45, 2.75) is 68.8 Å². The Morgan fingerprint density at radius 3 is 2.14 bits per heavy atom. The summed E-state index contributed by atoms with van der Waals surface area (Å²) in [4.78, 5) is 25.0. The number of ether oxygens (including phenoxy) is 3. The largest absolute Gasteiger partial charge is 0.469 e. The standard InChI is InChI=1S/C40H43NO7S/c1-29-19-25-34(26-20-29)49(44,45)41-39-35(17-11-3-4-12-18-38(42)46-2)36(27-37(39)48-40(43)33-15-9-6-10-16-33)47-28-30-21-23-32(24-22-30)31-13-7-5-8-14-31/h3,5-11,13-16,19-26,35-37,39,41H,4,12,17-18,27-28H2,1-2H3/t35-,36-,37+,39+/m0/s1. The van der Waals surface area contributed by atoms with Crippen molar-refractivity contribution >= 4 is 22.0 Å². The first-order valence-corrected chi connectivity index (χ1v) is 18.0. The van der Waals surface area contributed by atoms with Gasteiger partial charge in [0.1, 0.15) is 6.10 Å². The van der Waals surface area contributed by atoms with Crippen molar-refractivity contribution in [3.05, 3.63) is 138 Å². The minimum absolute atomic E-state index is 0.131. The number of carbonyl (C=O) groups is 2. The van der Waals surface area contributed by atoms with E-state index in [2.05, 4.69) is 29.0 Å². The third kappa shape index (κ3) is 9.98. The molecule has 4 atom stereocenters. The maximum absolute atomic E-state index is 13.7. The van der Waals surface area contributed by atoms with Gasteiger partial charge in [0.05, 0.1) is 36.3 Å². The molecule has 8 nitrogen and oxygen atoms in total. The summed E-state index contributed by atoms with van der Waals surface area (Å²) in [7, 11) is -2.60. The highest BCUT2D eigenvalue weighted by Crippen LogP contribution is 2.36. The predicted octanol–water partition coefficient (Wildman–Crippen LogP) is 7.43. The fraction of sp³-hybridized carbons (Fsp3) is 0.300. The second-order valence-corrected chi connectivity index (χ2v) is 14.0. The summed E-state index contributed by atoms with van der Waals surface area (Å²) < 4.78 is 47.7. The van der Waals surface area contributed by atoms with Crippen LogP contribution in [0.5, 0.6) is 0 Å². The lowest BCUT2D eigenvalue weighted by Gasteiger charge is -2.27. The number of nitrogens with one attached hydrogen (secondary N) is 1. The van der Waals surface area contributed by atoms with E-state index in [0.717, 1.165) is 22.3 Å². The van der Waals surface area contributed by atoms with E-state index in [0.29, 0.717) is 44.3 Å². The summed E-state index contributed by atoms with van der Waals surface area (Å²) in [5.41, 5.74) is 4.51. The van der Waals surface area contributed by atoms with Crippen LogP contribution in [0.15, 0.2) is 126 Å². The molecule has 4 aromatic rings. The minimum atomic E-state index is -3.97. The Hall–Kier alpha value is -4.57. The van der Waals surface area contributed by atoms with Gasteiger partial charge in [0, 0.05) is 18.8 Å². The van der Waals surface area contributed by atoms with Crippen LogP contribution in [0.3, 0.4) is 0 Å². The molecular formula is C40H43NO7S. The summed E-state index contributed by atoms with van der Waals surface area (Å²) >= 11 is 0. The molecule has 256 valence electrons. The second kappa shape index (κ2) is 17.2. The molecule has 0 bridgehead atoms. The molecule has 1 saturated carbocycles. The van der Waals surface area contributed by atoms with Crippen molar-refractivity contribution in [2.75, 3.05) is 7.11 Å². The molecule has 1 aliphatic carbocycles. The molecule has 0 spiro atoms. The van der Waals surface area contributed by atoms with Gasteiger partial charge in [-0.2, -0.15) is 0 Å². The second-order valence-electron chi connectivity index (χ2n) is 12.3. The average Bonchev–Trinajstić information content (AvgIpc) is 3.43. The van der Waals surface area contributed by atoms with Gasteiger partial charge in [-0.1, -0.05) is 103 Å². The number of allylic oxidation sites excluding steroid dienone is 2. The van der Waals surface area contributed by atoms with Crippen molar-refractivity contribution in [1.29, 1.82) is 0 Å². The molecule has 0 amide bonds. The van der Waals surface area contributed by atoms with Crippen LogP contribution in [0, 0.1) is 12.8 Å². The molecule has 0 unspecified atom stereocenters. The molecule has 0 aromatic heterocycles. The van der Waals surface area contributed by atoms with E-state index in [1.807, 2.05) is 55.5 Å². The highest BCUT2D eigenvalue weighted by Gasteiger charge is 2.47. The maximum atomic E-state index is 13.7. The van der Waals surface area contributed by atoms with Crippen LogP contribution in [0.2, 0.25) is 0 Å². The van der Waals surface area contributed by atoms with Crippen LogP contribution in [0.25, 0.3) is 11.1 Å². The van der Waals surface area contributed by atoms with Gasteiger partial charge < -0.3 is 14.2 Å². The van der Waals surface area contributed by atoms with Crippen molar-refractivity contribution < 1.29 is 32.2 Å². The number of hydrogen-bond acceptors (Lipinski definition) is 7. The van der Waals surface area contributed by atoms with Gasteiger partial charge >= 0.3 is 11.9 Å². The minimum Gasteiger partial charge on any atom is -0.469 e. The summed E-state index contributed by atoms with van der Waals surface area (Å²) in [6.07, 6.45) is 5.15. The third-order valence-electron chi connectivity index (χ3n) is 8.77. The Morgan fingerprint density at radius 1 is 0.816 bits per heavy atom. The lowest BCUT2D eigenvalue weighted by molar-refractivity contribution is -0.140. The van der Waals surface area contributed by atoms with Crippen LogP contribution >= 0.6 is 0 Å². The van der Waals surface area contributed by atoms with Gasteiger partial charge in [-0.15, -0.1) is 0 Å². The molecule has 4 aromatic carbocycles. The van der Waals surface area contributed by atoms with Gasteiger partial charge in [-0.25, -0.2) is 17.9 Å². The number of sulfonamides is 1. The lowest BCUT2D eigenvalue weighted by atomic mass is 9.97. The number of benzene rings is 4. The monoisotopic (exact) mass is 681 g/mol. The van der Waals surface area contributed by atoms with E-state index < -0.39 is 34.2 Å². The van der Waals surface area contributed by atoms with E-state index in [4.69, 9.17) is 14.2 Å². The van der Waals surface area contributed by atoms with Gasteiger partial charge in [0.25, 0.3) is 0 Å². The van der Waals surface area contributed by atoms with E-state index in [9.17, 15) is 18.0 Å². The fourth-order valence-electron chi connectivity index (χ4n) is 6.04. The SMILES string of the molecule is COC(=O)CCCC=CC[C@@H]1[C@@H](NS(=O)(=O)c2ccc(C)cc2)[C@H](OC(=O)c2ccccc2)C[C@@H]1OCc1ccc(-c2ccccc2)cc1. The Kier molecular flexibility index (Phi) is 12.5. The highest BCUT2D eigenvalue weighted by atomic mass is 32.2. The molecule has 0 radical (unpaired) electrons. The summed E-state index contributed by atoms with van der Waals surface area (Å²) in [5.74, 6) is -1.14. The molecule has 1 N–H and O–H groups in total. The molecule has 5 rings (SSSR count). The zero-order valence-corrected chi connectivity index (χ0v) is 28.7. The van der Waals surface area contributed by atoms with Gasteiger partial charge in [0.2, 0.25) is 10.0 Å². The number of hydrogen-bond donors (Lipinski definition) is 1. The molecule has 9 heteroatoms. The van der Waals surface area contributed by atoms with Gasteiger partial charge in [-0.05, 0) is 67.1 Å². The number of unbranched alkanes of at least 4 members (excludes halogenated alkanes) is 1. The number of esters is 2. The quantitative estimate of drug-likeness (QED) is 0.0790. The van der Waals surface area contributed by atoms with E-state index in [1.54, 1.807) is 48.5 Å². The molecule has 0 heterocycles. The van der Waals surface area contributed by atoms with Crippen LogP contribution in [-0.4, -0.2) is 45.7 Å². The van der Waals surface area contributed by atoms with Gasteiger partial charge in [0.15, 0.2) is 0 Å². The Balaban J connectivity index is 1.39. The number of aryl methyl sites for hydroxylation is 1. The molecule has 49 heavy (non-hydrogen) atoms. The Labute approximate surface area is 289 Å². The van der Waals surface area contributed by atoms with Crippen LogP contribution < -0.4 is 4.72 Å². The van der Waals surface area contributed by atoms with E-state index >= 15 is 0 Å². The number of rotatable bonds is 15. The average molecular weight is 682 g/mol. The van der Waals surface area contributed by atoms with E-state index in [1.165, 1.54) is 7.11 Å². The normalized spacial score (nSPS) is 19.1. The molecule has 1 fully saturated rings. The summed E-state index contributed by atoms with van der Waals surface area (Å²) in [6.45, 7) is 2.19. The molecule has 1 aliphatic rings. The summed E-state index contributed by atoms with van der Waals surface area (Å²) in [6, 6.07) is 32.8. The molecule has 0 aliphatic heterocycles. The zero-order chi connectivity index (χ0) is 34.6. The Morgan fingerprint density at radius 2 is 1.47 bits per heavy atom. The zero-order valence-electron chi connectivity index (χ0n) is 27.9. The van der Waals surface area contributed by atoms with Crippen molar-refractivity contribution in [3.8, 4) is 11.1 Å². The number of carbonyl (C=O) groups excluding carboxylic acids is 2. The van der Waals surface area contributed by atoms with E-state index in [-0.39, 0.29) is 16.8 Å². The molecule has 0 saturated heterocycles. The first-order chi connectivity index (χ1) is 23.7. The van der Waals surface area contributed by atoms with Gasteiger partial charge in [-0.3, -0.25) is 4.79 Å². The summed E-state index contributed by atoms with van der Waals surface area (Å²) in [5, 5.41) is 0. The number of methoxy groups -OCH3 is 1. The predicted molar refractivity (Wildman–Crippen MR) is 189 cm³/mol.